The molecule has 0 aromatic carbocycles. The van der Waals surface area contributed by atoms with Gasteiger partial charge in [-0.1, -0.05) is 0 Å². The highest BCUT2D eigenvalue weighted by Gasteiger charge is 2.01. The van der Waals surface area contributed by atoms with Gasteiger partial charge in [-0.05, 0) is 25.6 Å². The van der Waals surface area contributed by atoms with Crippen LogP contribution in [0.15, 0.2) is 6.33 Å². The van der Waals surface area contributed by atoms with E-state index in [-0.39, 0.29) is 5.97 Å². The zero-order valence-electron chi connectivity index (χ0n) is 8.02. The highest BCUT2D eigenvalue weighted by atomic mass is 32.1. The predicted molar refractivity (Wildman–Crippen MR) is 53.3 cm³/mol. The van der Waals surface area contributed by atoms with E-state index in [0.717, 1.165) is 0 Å². The van der Waals surface area contributed by atoms with Crippen molar-refractivity contribution >= 4 is 18.2 Å². The first kappa shape index (κ1) is 10.9. The molecule has 0 aliphatic heterocycles. The van der Waals surface area contributed by atoms with E-state index in [2.05, 4.69) is 10.2 Å². The monoisotopic (exact) mass is 215 g/mol. The molecule has 0 aliphatic rings. The Morgan fingerprint density at radius 1 is 1.79 bits per heavy atom. The first-order chi connectivity index (χ1) is 6.74. The molecule has 0 amide bonds. The summed E-state index contributed by atoms with van der Waals surface area (Å²) in [5.74, 6) is -0.164. The molecule has 0 radical (unpaired) electrons. The Hall–Kier alpha value is -1.17. The highest BCUT2D eigenvalue weighted by Crippen LogP contribution is 1.97. The molecule has 0 fully saturated rings. The summed E-state index contributed by atoms with van der Waals surface area (Å²) < 4.78 is 7.16. The van der Waals surface area contributed by atoms with E-state index in [9.17, 15) is 4.79 Å². The molecule has 1 heterocycles. The largest absolute Gasteiger partial charge is 0.466 e. The number of nitrogens with zero attached hydrogens (tertiary/aromatic N) is 2. The number of nitrogens with one attached hydrogen (secondary N) is 1. The molecule has 1 N–H and O–H groups in total. The van der Waals surface area contributed by atoms with E-state index in [1.807, 2.05) is 0 Å². The zero-order chi connectivity index (χ0) is 10.4. The number of aromatic amines is 1. The Bertz CT molecular complexity index is 344. The average Bonchev–Trinajstić information content (AvgIpc) is 2.52. The second-order valence-corrected chi connectivity index (χ2v) is 3.15. The number of aromatic nitrogens is 3. The summed E-state index contributed by atoms with van der Waals surface area (Å²) in [5.41, 5.74) is 0. The molecule has 14 heavy (non-hydrogen) atoms. The predicted octanol–water partition coefficient (Wildman–Crippen LogP) is 1.28. The van der Waals surface area contributed by atoms with Crippen molar-refractivity contribution in [3.05, 3.63) is 11.1 Å². The van der Waals surface area contributed by atoms with Gasteiger partial charge in [0.2, 0.25) is 0 Å². The molecule has 0 atom stereocenters. The lowest BCUT2D eigenvalue weighted by molar-refractivity contribution is -0.143. The van der Waals surface area contributed by atoms with E-state index in [0.29, 0.717) is 30.8 Å². The fourth-order valence-electron chi connectivity index (χ4n) is 1.06. The maximum absolute atomic E-state index is 11.0. The van der Waals surface area contributed by atoms with Crippen molar-refractivity contribution in [3.63, 3.8) is 0 Å². The van der Waals surface area contributed by atoms with E-state index in [4.69, 9.17) is 17.0 Å². The van der Waals surface area contributed by atoms with Crippen LogP contribution in [0.3, 0.4) is 0 Å². The molecular weight excluding hydrogens is 202 g/mol. The number of hydrogen-bond acceptors (Lipinski definition) is 4. The number of carbonyl (C=O) groups excluding carboxylic acids is 1. The highest BCUT2D eigenvalue weighted by molar-refractivity contribution is 7.71. The minimum absolute atomic E-state index is 0.164. The molecule has 5 nitrogen and oxygen atoms in total. The minimum Gasteiger partial charge on any atom is -0.466 e. The molecule has 1 aromatic rings. The standard InChI is InChI=1S/C8H13N3O2S/c1-2-13-7(12)4-3-5-11-6-9-10-8(11)14/h6H,2-5H2,1H3,(H,10,14). The van der Waals surface area contributed by atoms with Gasteiger partial charge < -0.3 is 9.30 Å². The third-order valence-corrected chi connectivity index (χ3v) is 2.03. The van der Waals surface area contributed by atoms with Gasteiger partial charge in [0.05, 0.1) is 6.61 Å². The number of carbonyl (C=O) groups is 1. The lowest BCUT2D eigenvalue weighted by atomic mass is 10.3. The van der Waals surface area contributed by atoms with Gasteiger partial charge in [-0.3, -0.25) is 9.89 Å². The van der Waals surface area contributed by atoms with Crippen LogP contribution >= 0.6 is 12.2 Å². The Balaban J connectivity index is 2.25. The van der Waals surface area contributed by atoms with Crippen LogP contribution in [0.25, 0.3) is 0 Å². The zero-order valence-corrected chi connectivity index (χ0v) is 8.84. The molecule has 6 heteroatoms. The number of esters is 1. The molecule has 1 aromatic heterocycles. The lowest BCUT2D eigenvalue weighted by Gasteiger charge is -2.01. The summed E-state index contributed by atoms with van der Waals surface area (Å²) in [6, 6.07) is 0. The van der Waals surface area contributed by atoms with Gasteiger partial charge >= 0.3 is 5.97 Å². The number of aryl methyl sites for hydroxylation is 1. The summed E-state index contributed by atoms with van der Waals surface area (Å²) >= 11 is 4.94. The normalized spacial score (nSPS) is 10.1. The van der Waals surface area contributed by atoms with Crippen LogP contribution in [0.5, 0.6) is 0 Å². The summed E-state index contributed by atoms with van der Waals surface area (Å²) in [5, 5.41) is 6.42. The molecule has 0 saturated heterocycles. The maximum Gasteiger partial charge on any atom is 0.305 e. The quantitative estimate of drug-likeness (QED) is 0.594. The van der Waals surface area contributed by atoms with Gasteiger partial charge in [0.25, 0.3) is 0 Å². The fourth-order valence-corrected chi connectivity index (χ4v) is 1.25. The van der Waals surface area contributed by atoms with Gasteiger partial charge in [-0.15, -0.1) is 0 Å². The van der Waals surface area contributed by atoms with Crippen LogP contribution in [-0.2, 0) is 16.1 Å². The smallest absolute Gasteiger partial charge is 0.305 e. The van der Waals surface area contributed by atoms with Gasteiger partial charge in [0.1, 0.15) is 6.33 Å². The molecule has 78 valence electrons. The van der Waals surface area contributed by atoms with Crippen LogP contribution in [-0.4, -0.2) is 27.3 Å². The Morgan fingerprint density at radius 3 is 3.14 bits per heavy atom. The van der Waals surface area contributed by atoms with Gasteiger partial charge in [-0.2, -0.15) is 5.10 Å². The van der Waals surface area contributed by atoms with E-state index >= 15 is 0 Å². The summed E-state index contributed by atoms with van der Waals surface area (Å²) in [6.45, 7) is 2.92. The Kier molecular flexibility index (Phi) is 4.31. The minimum atomic E-state index is -0.164. The molecule has 0 unspecified atom stereocenters. The summed E-state index contributed by atoms with van der Waals surface area (Å²) in [6.07, 6.45) is 2.75. The second-order valence-electron chi connectivity index (χ2n) is 2.76. The van der Waals surface area contributed by atoms with Gasteiger partial charge in [-0.25, -0.2) is 0 Å². The lowest BCUT2D eigenvalue weighted by Crippen LogP contribution is -2.06. The van der Waals surface area contributed by atoms with Gasteiger partial charge in [0, 0.05) is 13.0 Å². The maximum atomic E-state index is 11.0. The molecule has 0 saturated carbocycles. The van der Waals surface area contributed by atoms with Crippen molar-refractivity contribution in [1.29, 1.82) is 0 Å². The first-order valence-corrected chi connectivity index (χ1v) is 4.90. The SMILES string of the molecule is CCOC(=O)CCCn1cn[nH]c1=S. The van der Waals surface area contributed by atoms with Crippen LogP contribution in [0.1, 0.15) is 19.8 Å². The van der Waals surface area contributed by atoms with Crippen molar-refractivity contribution in [2.45, 2.75) is 26.3 Å². The fraction of sp³-hybridized carbons (Fsp3) is 0.625. The van der Waals surface area contributed by atoms with Crippen LogP contribution < -0.4 is 0 Å². The Labute approximate surface area is 87.1 Å². The van der Waals surface area contributed by atoms with E-state index in [1.165, 1.54) is 0 Å². The number of H-pyrrole nitrogens is 1. The number of ether oxygens (including phenoxy) is 1. The Morgan fingerprint density at radius 2 is 2.57 bits per heavy atom. The van der Waals surface area contributed by atoms with Crippen LogP contribution in [0.2, 0.25) is 0 Å². The third kappa shape index (κ3) is 3.29. The summed E-state index contributed by atoms with van der Waals surface area (Å²) in [4.78, 5) is 11.0. The van der Waals surface area contributed by atoms with E-state index in [1.54, 1.807) is 17.8 Å². The molecule has 0 aliphatic carbocycles. The number of rotatable bonds is 5. The second kappa shape index (κ2) is 5.54. The molecule has 0 spiro atoms. The average molecular weight is 215 g/mol. The van der Waals surface area contributed by atoms with Crippen molar-refractivity contribution < 1.29 is 9.53 Å². The topological polar surface area (TPSA) is 59.9 Å². The third-order valence-electron chi connectivity index (χ3n) is 1.70. The molecule has 0 bridgehead atoms. The first-order valence-electron chi connectivity index (χ1n) is 4.49. The van der Waals surface area contributed by atoms with Crippen molar-refractivity contribution in [2.24, 2.45) is 0 Å². The van der Waals surface area contributed by atoms with Crippen LogP contribution in [0, 0.1) is 4.77 Å². The van der Waals surface area contributed by atoms with E-state index < -0.39 is 0 Å². The summed E-state index contributed by atoms with van der Waals surface area (Å²) in [7, 11) is 0. The molecular formula is C8H13N3O2S. The molecule has 1 rings (SSSR count). The van der Waals surface area contributed by atoms with Crippen molar-refractivity contribution in [1.82, 2.24) is 14.8 Å². The van der Waals surface area contributed by atoms with Crippen LogP contribution in [0.4, 0.5) is 0 Å². The van der Waals surface area contributed by atoms with Crippen molar-refractivity contribution in [2.75, 3.05) is 6.61 Å². The van der Waals surface area contributed by atoms with Gasteiger partial charge in [0.15, 0.2) is 4.77 Å². The number of hydrogen-bond donors (Lipinski definition) is 1. The van der Waals surface area contributed by atoms with Crippen molar-refractivity contribution in [3.8, 4) is 0 Å².